The van der Waals surface area contributed by atoms with E-state index in [0.29, 0.717) is 12.1 Å². The molecular formula is C17H19N3O3. The molecule has 2 heterocycles. The molecule has 6 nitrogen and oxygen atoms in total. The molecule has 0 bridgehead atoms. The highest BCUT2D eigenvalue weighted by molar-refractivity contribution is 5.95. The van der Waals surface area contributed by atoms with Gasteiger partial charge in [0, 0.05) is 36.4 Å². The van der Waals surface area contributed by atoms with E-state index in [4.69, 9.17) is 9.84 Å². The quantitative estimate of drug-likeness (QED) is 0.722. The molecule has 3 rings (SSSR count). The lowest BCUT2D eigenvalue weighted by atomic mass is 10.2. The molecule has 3 aromatic rings. The summed E-state index contributed by atoms with van der Waals surface area (Å²) in [4.78, 5) is 14.6. The smallest absolute Gasteiger partial charge is 0.168 e. The van der Waals surface area contributed by atoms with E-state index < -0.39 is 0 Å². The highest BCUT2D eigenvalue weighted by atomic mass is 16.5. The Kier molecular flexibility index (Phi) is 5.82. The standard InChI is InChI=1S/C9H8N2O2.C8H11NO/c1-13-6-2-3-7-8(4-6)10-11-9(7)5-12;1-7-2-3-8(4-5-10)9-6-7/h2-5H,1H3,(H,10,11);2-3,6,10H,4-5H2,1H3. The Hall–Kier alpha value is -2.73. The van der Waals surface area contributed by atoms with Crippen LogP contribution in [0.2, 0.25) is 0 Å². The number of benzene rings is 1. The van der Waals surface area contributed by atoms with E-state index in [9.17, 15) is 4.79 Å². The van der Waals surface area contributed by atoms with Crippen molar-refractivity contribution in [1.82, 2.24) is 15.2 Å². The van der Waals surface area contributed by atoms with Crippen LogP contribution < -0.4 is 4.74 Å². The van der Waals surface area contributed by atoms with Crippen molar-refractivity contribution in [3.63, 3.8) is 0 Å². The molecule has 6 heteroatoms. The molecule has 0 saturated heterocycles. The maximum absolute atomic E-state index is 10.5. The van der Waals surface area contributed by atoms with Crippen LogP contribution in [0.1, 0.15) is 21.7 Å². The minimum absolute atomic E-state index is 0.177. The summed E-state index contributed by atoms with van der Waals surface area (Å²) >= 11 is 0. The number of carbonyl (C=O) groups excluding carboxylic acids is 1. The van der Waals surface area contributed by atoms with Crippen molar-refractivity contribution in [3.8, 4) is 5.75 Å². The number of aromatic nitrogens is 3. The fraction of sp³-hybridized carbons (Fsp3) is 0.235. The summed E-state index contributed by atoms with van der Waals surface area (Å²) in [5, 5.41) is 16.0. The second-order valence-corrected chi connectivity index (χ2v) is 4.94. The number of hydrogen-bond donors (Lipinski definition) is 2. The van der Waals surface area contributed by atoms with Crippen LogP contribution in [0.5, 0.6) is 5.75 Å². The molecule has 0 fully saturated rings. The zero-order valence-electron chi connectivity index (χ0n) is 13.1. The average Bonchev–Trinajstić information content (AvgIpc) is 3.00. The van der Waals surface area contributed by atoms with Crippen LogP contribution in [-0.4, -0.2) is 40.3 Å². The van der Waals surface area contributed by atoms with Crippen molar-refractivity contribution in [2.45, 2.75) is 13.3 Å². The van der Waals surface area contributed by atoms with Crippen molar-refractivity contribution >= 4 is 17.2 Å². The van der Waals surface area contributed by atoms with Crippen LogP contribution in [0.25, 0.3) is 10.9 Å². The van der Waals surface area contributed by atoms with Gasteiger partial charge in [0.05, 0.1) is 12.6 Å². The van der Waals surface area contributed by atoms with Crippen LogP contribution in [0.4, 0.5) is 0 Å². The van der Waals surface area contributed by atoms with Crippen molar-refractivity contribution in [2.24, 2.45) is 0 Å². The number of methoxy groups -OCH3 is 1. The van der Waals surface area contributed by atoms with E-state index in [1.807, 2.05) is 25.3 Å². The van der Waals surface area contributed by atoms with E-state index in [2.05, 4.69) is 15.2 Å². The largest absolute Gasteiger partial charge is 0.497 e. The third-order valence-corrected chi connectivity index (χ3v) is 3.25. The van der Waals surface area contributed by atoms with E-state index in [1.54, 1.807) is 25.3 Å². The van der Waals surface area contributed by atoms with Gasteiger partial charge in [-0.1, -0.05) is 6.07 Å². The number of ether oxygens (including phenoxy) is 1. The second kappa shape index (κ2) is 8.05. The number of fused-ring (bicyclic) bond motifs is 1. The minimum atomic E-state index is 0.177. The summed E-state index contributed by atoms with van der Waals surface area (Å²) in [6.07, 6.45) is 3.22. The van der Waals surface area contributed by atoms with Crippen molar-refractivity contribution in [1.29, 1.82) is 0 Å². The van der Waals surface area contributed by atoms with E-state index in [-0.39, 0.29) is 6.61 Å². The molecule has 0 aliphatic heterocycles. The van der Waals surface area contributed by atoms with Crippen LogP contribution in [0.3, 0.4) is 0 Å². The molecule has 0 aliphatic rings. The van der Waals surface area contributed by atoms with Gasteiger partial charge in [0.15, 0.2) is 6.29 Å². The molecule has 2 N–H and O–H groups in total. The summed E-state index contributed by atoms with van der Waals surface area (Å²) in [7, 11) is 1.59. The number of carbonyl (C=O) groups is 1. The molecular weight excluding hydrogens is 294 g/mol. The first-order chi connectivity index (χ1) is 11.2. The first-order valence-corrected chi connectivity index (χ1v) is 7.17. The number of aldehydes is 1. The number of aliphatic hydroxyl groups excluding tert-OH is 1. The molecule has 0 aliphatic carbocycles. The Morgan fingerprint density at radius 3 is 2.74 bits per heavy atom. The molecule has 0 atom stereocenters. The average molecular weight is 313 g/mol. The number of nitrogens with one attached hydrogen (secondary N) is 1. The van der Waals surface area contributed by atoms with Gasteiger partial charge in [-0.25, -0.2) is 0 Å². The minimum Gasteiger partial charge on any atom is -0.497 e. The maximum Gasteiger partial charge on any atom is 0.168 e. The zero-order chi connectivity index (χ0) is 16.7. The lowest BCUT2D eigenvalue weighted by Crippen LogP contribution is -1.93. The number of aryl methyl sites for hydroxylation is 1. The summed E-state index contributed by atoms with van der Waals surface area (Å²) in [5.41, 5.74) is 3.34. The Bertz CT molecular complexity index is 766. The SMILES string of the molecule is COc1ccc2c(C=O)[nH]nc2c1.Cc1ccc(CCO)nc1. The van der Waals surface area contributed by atoms with Gasteiger partial charge in [0.25, 0.3) is 0 Å². The third kappa shape index (κ3) is 4.37. The lowest BCUT2D eigenvalue weighted by molar-refractivity contribution is 0.112. The predicted octanol–water partition coefficient (Wildman–Crippen LogP) is 2.31. The number of hydrogen-bond acceptors (Lipinski definition) is 5. The molecule has 2 aromatic heterocycles. The fourth-order valence-corrected chi connectivity index (χ4v) is 1.99. The zero-order valence-corrected chi connectivity index (χ0v) is 13.1. The second-order valence-electron chi connectivity index (χ2n) is 4.94. The van der Waals surface area contributed by atoms with Crippen molar-refractivity contribution in [3.05, 3.63) is 53.5 Å². The number of aliphatic hydroxyl groups is 1. The summed E-state index contributed by atoms with van der Waals surface area (Å²) in [6, 6.07) is 9.31. The van der Waals surface area contributed by atoms with Gasteiger partial charge >= 0.3 is 0 Å². The highest BCUT2D eigenvalue weighted by Gasteiger charge is 2.04. The Morgan fingerprint density at radius 2 is 2.13 bits per heavy atom. The first-order valence-electron chi connectivity index (χ1n) is 7.17. The van der Waals surface area contributed by atoms with Crippen LogP contribution in [0.15, 0.2) is 36.5 Å². The van der Waals surface area contributed by atoms with Crippen molar-refractivity contribution < 1.29 is 14.6 Å². The number of nitrogens with zero attached hydrogens (tertiary/aromatic N) is 2. The van der Waals surface area contributed by atoms with Gasteiger partial charge < -0.3 is 9.84 Å². The number of rotatable bonds is 4. The number of H-pyrrole nitrogens is 1. The first kappa shape index (κ1) is 16.6. The predicted molar refractivity (Wildman–Crippen MR) is 87.8 cm³/mol. The molecule has 0 saturated carbocycles. The Morgan fingerprint density at radius 1 is 1.30 bits per heavy atom. The van der Waals surface area contributed by atoms with Gasteiger partial charge in [-0.15, -0.1) is 0 Å². The van der Waals surface area contributed by atoms with E-state index in [0.717, 1.165) is 34.2 Å². The van der Waals surface area contributed by atoms with E-state index in [1.165, 1.54) is 0 Å². The molecule has 120 valence electrons. The van der Waals surface area contributed by atoms with Gasteiger partial charge in [-0.3, -0.25) is 14.9 Å². The van der Waals surface area contributed by atoms with E-state index >= 15 is 0 Å². The number of pyridine rings is 1. The Labute approximate surface area is 134 Å². The molecule has 0 spiro atoms. The summed E-state index contributed by atoms with van der Waals surface area (Å²) in [6.45, 7) is 2.17. The summed E-state index contributed by atoms with van der Waals surface area (Å²) in [5.74, 6) is 0.733. The molecule has 1 aromatic carbocycles. The maximum atomic E-state index is 10.5. The highest BCUT2D eigenvalue weighted by Crippen LogP contribution is 2.20. The van der Waals surface area contributed by atoms with Crippen molar-refractivity contribution in [2.75, 3.05) is 13.7 Å². The summed E-state index contributed by atoms with van der Waals surface area (Å²) < 4.78 is 5.02. The normalized spacial score (nSPS) is 10.0. The topological polar surface area (TPSA) is 88.1 Å². The van der Waals surface area contributed by atoms with Gasteiger partial charge in [-0.2, -0.15) is 5.10 Å². The number of aromatic amines is 1. The third-order valence-electron chi connectivity index (χ3n) is 3.25. The molecule has 0 amide bonds. The van der Waals surface area contributed by atoms with Gasteiger partial charge in [0.1, 0.15) is 11.4 Å². The van der Waals surface area contributed by atoms with Crippen LogP contribution in [-0.2, 0) is 6.42 Å². The molecule has 23 heavy (non-hydrogen) atoms. The van der Waals surface area contributed by atoms with Gasteiger partial charge in [-0.05, 0) is 30.7 Å². The van der Waals surface area contributed by atoms with Gasteiger partial charge in [0.2, 0.25) is 0 Å². The molecule has 0 radical (unpaired) electrons. The monoisotopic (exact) mass is 313 g/mol. The van der Waals surface area contributed by atoms with Crippen LogP contribution >= 0.6 is 0 Å². The Balaban J connectivity index is 0.000000174. The van der Waals surface area contributed by atoms with Crippen LogP contribution in [0, 0.1) is 6.92 Å². The fourth-order valence-electron chi connectivity index (χ4n) is 1.99. The lowest BCUT2D eigenvalue weighted by Gasteiger charge is -1.96. The molecule has 0 unspecified atom stereocenters.